The minimum Gasteiger partial charge on any atom is -0.335 e. The van der Waals surface area contributed by atoms with Gasteiger partial charge in [0.2, 0.25) is 0 Å². The van der Waals surface area contributed by atoms with E-state index < -0.39 is 0 Å². The molecule has 0 radical (unpaired) electrons. The summed E-state index contributed by atoms with van der Waals surface area (Å²) in [5, 5.41) is 3.06. The first-order chi connectivity index (χ1) is 7.31. The topological polar surface area (TPSA) is 58.4 Å². The predicted molar refractivity (Wildman–Crippen MR) is 59.6 cm³/mol. The molecule has 0 aromatic rings. The maximum atomic E-state index is 11.9. The maximum Gasteiger partial charge on any atom is 0.317 e. The molecule has 0 spiro atoms. The van der Waals surface area contributed by atoms with Crippen LogP contribution in [0.1, 0.15) is 38.5 Å². The van der Waals surface area contributed by atoms with Gasteiger partial charge in [0.15, 0.2) is 0 Å². The van der Waals surface area contributed by atoms with Crippen LogP contribution in [0.5, 0.6) is 0 Å². The molecule has 2 fully saturated rings. The van der Waals surface area contributed by atoms with Crippen molar-refractivity contribution in [2.45, 2.75) is 50.6 Å². The van der Waals surface area contributed by atoms with E-state index in [4.69, 9.17) is 5.73 Å². The number of nitrogens with zero attached hydrogens (tertiary/aromatic N) is 1. The fraction of sp³-hybridized carbons (Fsp3) is 0.909. The van der Waals surface area contributed by atoms with Crippen molar-refractivity contribution in [2.75, 3.05) is 13.1 Å². The van der Waals surface area contributed by atoms with Crippen molar-refractivity contribution in [3.63, 3.8) is 0 Å². The van der Waals surface area contributed by atoms with Crippen LogP contribution in [0.15, 0.2) is 0 Å². The number of piperidine rings is 1. The van der Waals surface area contributed by atoms with Gasteiger partial charge in [-0.25, -0.2) is 4.79 Å². The summed E-state index contributed by atoms with van der Waals surface area (Å²) in [5.74, 6) is 0. The first-order valence-electron chi connectivity index (χ1n) is 6.08. The molecule has 0 bridgehead atoms. The highest BCUT2D eigenvalue weighted by Gasteiger charge is 2.30. The average Bonchev–Trinajstić information content (AvgIpc) is 3.03. The zero-order valence-electron chi connectivity index (χ0n) is 9.24. The largest absolute Gasteiger partial charge is 0.335 e. The summed E-state index contributed by atoms with van der Waals surface area (Å²) in [6, 6.07) is 0.969. The lowest BCUT2D eigenvalue weighted by Gasteiger charge is -2.35. The Hall–Kier alpha value is -0.770. The van der Waals surface area contributed by atoms with Gasteiger partial charge in [-0.3, -0.25) is 0 Å². The number of urea groups is 1. The van der Waals surface area contributed by atoms with Crippen molar-refractivity contribution in [3.05, 3.63) is 0 Å². The predicted octanol–water partition coefficient (Wildman–Crippen LogP) is 1.06. The molecule has 2 amide bonds. The van der Waals surface area contributed by atoms with E-state index in [0.717, 1.165) is 38.6 Å². The zero-order chi connectivity index (χ0) is 10.7. The number of nitrogens with two attached hydrogens (primary N) is 1. The minimum atomic E-state index is 0.135. The number of carbonyl (C=O) groups is 1. The summed E-state index contributed by atoms with van der Waals surface area (Å²) in [5.41, 5.74) is 5.58. The number of hydrogen-bond acceptors (Lipinski definition) is 2. The van der Waals surface area contributed by atoms with E-state index in [1.807, 2.05) is 4.90 Å². The number of rotatable bonds is 3. The Morgan fingerprint density at radius 2 is 2.13 bits per heavy atom. The van der Waals surface area contributed by atoms with Crippen molar-refractivity contribution in [1.82, 2.24) is 10.2 Å². The third-order valence-electron chi connectivity index (χ3n) is 3.29. The molecule has 2 aliphatic rings. The van der Waals surface area contributed by atoms with Crippen molar-refractivity contribution in [2.24, 2.45) is 5.73 Å². The Morgan fingerprint density at radius 3 is 2.80 bits per heavy atom. The Bertz CT molecular complexity index is 226. The average molecular weight is 211 g/mol. The molecule has 0 aromatic heterocycles. The van der Waals surface area contributed by atoms with Crippen molar-refractivity contribution < 1.29 is 4.79 Å². The van der Waals surface area contributed by atoms with Gasteiger partial charge in [-0.1, -0.05) is 0 Å². The van der Waals surface area contributed by atoms with Crippen LogP contribution in [0.25, 0.3) is 0 Å². The fourth-order valence-corrected chi connectivity index (χ4v) is 2.25. The van der Waals surface area contributed by atoms with Gasteiger partial charge in [0.1, 0.15) is 0 Å². The standard InChI is InChI=1S/C11H21N3O/c12-7-6-10-3-1-2-8-14(10)11(15)13-9-4-5-9/h9-10H,1-8,12H2,(H,13,15). The highest BCUT2D eigenvalue weighted by molar-refractivity contribution is 5.75. The van der Waals surface area contributed by atoms with Gasteiger partial charge in [-0.05, 0) is 45.1 Å². The van der Waals surface area contributed by atoms with Crippen LogP contribution in [0.4, 0.5) is 4.79 Å². The molecule has 1 unspecified atom stereocenters. The van der Waals surface area contributed by atoms with Gasteiger partial charge in [0.25, 0.3) is 0 Å². The molecule has 4 heteroatoms. The van der Waals surface area contributed by atoms with E-state index in [1.165, 1.54) is 6.42 Å². The Balaban J connectivity index is 1.87. The van der Waals surface area contributed by atoms with Crippen LogP contribution in [-0.2, 0) is 0 Å². The molecule has 1 aliphatic carbocycles. The second-order valence-electron chi connectivity index (χ2n) is 4.64. The van der Waals surface area contributed by atoms with Gasteiger partial charge in [0, 0.05) is 18.6 Å². The molecule has 86 valence electrons. The fourth-order valence-electron chi connectivity index (χ4n) is 2.25. The number of hydrogen-bond donors (Lipinski definition) is 2. The van der Waals surface area contributed by atoms with E-state index >= 15 is 0 Å². The molecule has 15 heavy (non-hydrogen) atoms. The van der Waals surface area contributed by atoms with Gasteiger partial charge in [-0.15, -0.1) is 0 Å². The summed E-state index contributed by atoms with van der Waals surface area (Å²) in [6.07, 6.45) is 6.74. The van der Waals surface area contributed by atoms with E-state index in [-0.39, 0.29) is 6.03 Å². The number of amides is 2. The smallest absolute Gasteiger partial charge is 0.317 e. The van der Waals surface area contributed by atoms with Crippen LogP contribution in [-0.4, -0.2) is 36.1 Å². The molecule has 3 N–H and O–H groups in total. The third kappa shape index (κ3) is 2.84. The SMILES string of the molecule is NCCC1CCCCN1C(=O)NC1CC1. The van der Waals surface area contributed by atoms with Gasteiger partial charge in [-0.2, -0.15) is 0 Å². The summed E-state index contributed by atoms with van der Waals surface area (Å²) < 4.78 is 0. The van der Waals surface area contributed by atoms with E-state index in [2.05, 4.69) is 5.32 Å². The van der Waals surface area contributed by atoms with Crippen LogP contribution in [0.2, 0.25) is 0 Å². The molecular weight excluding hydrogens is 190 g/mol. The lowest BCUT2D eigenvalue weighted by molar-refractivity contribution is 0.147. The Morgan fingerprint density at radius 1 is 1.33 bits per heavy atom. The lowest BCUT2D eigenvalue weighted by atomic mass is 10.00. The van der Waals surface area contributed by atoms with Crippen LogP contribution >= 0.6 is 0 Å². The van der Waals surface area contributed by atoms with Gasteiger partial charge < -0.3 is 16.0 Å². The molecule has 4 nitrogen and oxygen atoms in total. The quantitative estimate of drug-likeness (QED) is 0.733. The number of nitrogens with one attached hydrogen (secondary N) is 1. The highest BCUT2D eigenvalue weighted by Crippen LogP contribution is 2.22. The van der Waals surface area contributed by atoms with Gasteiger partial charge in [0.05, 0.1) is 0 Å². The summed E-state index contributed by atoms with van der Waals surface area (Å²) >= 11 is 0. The molecule has 2 rings (SSSR count). The van der Waals surface area contributed by atoms with Crippen LogP contribution < -0.4 is 11.1 Å². The zero-order valence-corrected chi connectivity index (χ0v) is 9.24. The van der Waals surface area contributed by atoms with Crippen molar-refractivity contribution in [1.29, 1.82) is 0 Å². The third-order valence-corrected chi connectivity index (χ3v) is 3.29. The normalized spacial score (nSPS) is 26.5. The van der Waals surface area contributed by atoms with E-state index in [0.29, 0.717) is 18.6 Å². The number of carbonyl (C=O) groups excluding carboxylic acids is 1. The molecule has 1 atom stereocenters. The molecule has 1 saturated carbocycles. The van der Waals surface area contributed by atoms with Crippen LogP contribution in [0, 0.1) is 0 Å². The minimum absolute atomic E-state index is 0.135. The first kappa shape index (κ1) is 10.7. The summed E-state index contributed by atoms with van der Waals surface area (Å²) in [4.78, 5) is 13.9. The number of likely N-dealkylation sites (tertiary alicyclic amines) is 1. The van der Waals surface area contributed by atoms with Gasteiger partial charge >= 0.3 is 6.03 Å². The van der Waals surface area contributed by atoms with Crippen LogP contribution in [0.3, 0.4) is 0 Å². The monoisotopic (exact) mass is 211 g/mol. The Kier molecular flexibility index (Phi) is 3.46. The molecule has 1 aliphatic heterocycles. The van der Waals surface area contributed by atoms with E-state index in [1.54, 1.807) is 0 Å². The second kappa shape index (κ2) is 4.84. The van der Waals surface area contributed by atoms with Crippen molar-refractivity contribution >= 4 is 6.03 Å². The second-order valence-corrected chi connectivity index (χ2v) is 4.64. The summed E-state index contributed by atoms with van der Waals surface area (Å²) in [6.45, 7) is 1.58. The molecular formula is C11H21N3O. The lowest BCUT2D eigenvalue weighted by Crippen LogP contribution is -2.49. The van der Waals surface area contributed by atoms with Crippen molar-refractivity contribution in [3.8, 4) is 0 Å². The van der Waals surface area contributed by atoms with E-state index in [9.17, 15) is 4.79 Å². The first-order valence-corrected chi connectivity index (χ1v) is 6.08. The Labute approximate surface area is 91.2 Å². The highest BCUT2D eigenvalue weighted by atomic mass is 16.2. The maximum absolute atomic E-state index is 11.9. The molecule has 1 saturated heterocycles. The molecule has 0 aromatic carbocycles. The summed E-state index contributed by atoms with van der Waals surface area (Å²) in [7, 11) is 0. The molecule has 1 heterocycles.